The van der Waals surface area contributed by atoms with Gasteiger partial charge in [-0.2, -0.15) is 0 Å². The fraction of sp³-hybridized carbons (Fsp3) is 0.438. The Bertz CT molecular complexity index is 607. The van der Waals surface area contributed by atoms with Crippen LogP contribution in [0.2, 0.25) is 0 Å². The lowest BCUT2D eigenvalue weighted by Gasteiger charge is -2.11. The van der Waals surface area contributed by atoms with E-state index in [1.165, 1.54) is 14.2 Å². The molecule has 0 fully saturated rings. The van der Waals surface area contributed by atoms with E-state index in [0.29, 0.717) is 5.56 Å². The molecular weight excluding hydrogens is 344 g/mol. The molecule has 0 radical (unpaired) electrons. The van der Waals surface area contributed by atoms with Crippen molar-refractivity contribution in [2.24, 2.45) is 11.5 Å². The van der Waals surface area contributed by atoms with Gasteiger partial charge < -0.3 is 26.3 Å². The molecule has 6 N–H and O–H groups in total. The minimum atomic E-state index is -0.918. The van der Waals surface area contributed by atoms with Crippen LogP contribution in [-0.2, 0) is 30.5 Å². The Morgan fingerprint density at radius 3 is 2.04 bits per heavy atom. The van der Waals surface area contributed by atoms with Crippen molar-refractivity contribution in [3.8, 4) is 0 Å². The van der Waals surface area contributed by atoms with E-state index in [2.05, 4.69) is 20.3 Å². The van der Waals surface area contributed by atoms with Gasteiger partial charge in [0.25, 0.3) is 5.91 Å². The fourth-order valence-corrected chi connectivity index (χ4v) is 1.81. The summed E-state index contributed by atoms with van der Waals surface area (Å²) >= 11 is 0. The quantitative estimate of drug-likeness (QED) is 0.218. The predicted octanol–water partition coefficient (Wildman–Crippen LogP) is -1.56. The zero-order chi connectivity index (χ0) is 19.5. The van der Waals surface area contributed by atoms with Crippen LogP contribution in [0.25, 0.3) is 0 Å². The Kier molecular flexibility index (Phi) is 9.23. The van der Waals surface area contributed by atoms with Crippen LogP contribution in [0.3, 0.4) is 0 Å². The molecule has 10 heteroatoms. The number of methoxy groups -OCH3 is 2. The summed E-state index contributed by atoms with van der Waals surface area (Å²) < 4.78 is 8.96. The highest BCUT2D eigenvalue weighted by atomic mass is 16.6. The number of ether oxygens (including phenoxy) is 2. The lowest BCUT2D eigenvalue weighted by molar-refractivity contribution is -0.143. The van der Waals surface area contributed by atoms with Crippen molar-refractivity contribution in [2.75, 3.05) is 27.3 Å². The van der Waals surface area contributed by atoms with Gasteiger partial charge in [0.05, 0.1) is 20.8 Å². The van der Waals surface area contributed by atoms with Crippen LogP contribution >= 0.6 is 0 Å². The van der Waals surface area contributed by atoms with Gasteiger partial charge in [0.2, 0.25) is 0 Å². The van der Waals surface area contributed by atoms with E-state index in [-0.39, 0.29) is 25.6 Å². The number of hydrogen-bond acceptors (Lipinski definition) is 9. The minimum absolute atomic E-state index is 0.0270. The summed E-state index contributed by atoms with van der Waals surface area (Å²) in [5.41, 5.74) is 14.9. The smallest absolute Gasteiger partial charge is 0.324 e. The number of hydrogen-bond donors (Lipinski definition) is 4. The van der Waals surface area contributed by atoms with Crippen LogP contribution in [0, 0.1) is 0 Å². The Labute approximate surface area is 151 Å². The highest BCUT2D eigenvalue weighted by Crippen LogP contribution is 2.05. The van der Waals surface area contributed by atoms with Gasteiger partial charge in [0.1, 0.15) is 12.1 Å². The lowest BCUT2D eigenvalue weighted by atomic mass is 10.1. The number of benzene rings is 1. The Balaban J connectivity index is 2.37. The topological polar surface area (TPSA) is 155 Å². The molecule has 1 aromatic rings. The SMILES string of the molecule is COC(=O)C(N)CNOCc1ccc(C(=O)NCC(N)C(=O)OC)cc1. The van der Waals surface area contributed by atoms with Crippen molar-refractivity contribution in [3.05, 3.63) is 35.4 Å². The van der Waals surface area contributed by atoms with Crippen molar-refractivity contribution < 1.29 is 28.7 Å². The summed E-state index contributed by atoms with van der Waals surface area (Å²) in [6, 6.07) is 4.89. The fourth-order valence-electron chi connectivity index (χ4n) is 1.81. The van der Waals surface area contributed by atoms with Crippen LogP contribution in [0.5, 0.6) is 0 Å². The van der Waals surface area contributed by atoms with Gasteiger partial charge in [0, 0.05) is 18.7 Å². The first kappa shape index (κ1) is 21.5. The molecule has 2 unspecified atom stereocenters. The summed E-state index contributed by atoms with van der Waals surface area (Å²) in [4.78, 5) is 39.5. The molecule has 1 amide bonds. The Morgan fingerprint density at radius 1 is 0.962 bits per heavy atom. The molecule has 0 aliphatic rings. The number of carbonyl (C=O) groups is 3. The monoisotopic (exact) mass is 368 g/mol. The predicted molar refractivity (Wildman–Crippen MR) is 91.5 cm³/mol. The first-order valence-corrected chi connectivity index (χ1v) is 7.77. The molecular formula is C16H24N4O6. The standard InChI is InChI=1S/C16H24N4O6/c1-24-15(22)12(17)7-19-14(21)11-5-3-10(4-6-11)9-26-20-8-13(18)16(23)25-2/h3-6,12-13,20H,7-9,17-18H2,1-2H3,(H,19,21). The number of amides is 1. The summed E-state index contributed by atoms with van der Waals surface area (Å²) in [5, 5.41) is 2.55. The maximum absolute atomic E-state index is 12.0. The van der Waals surface area contributed by atoms with Crippen LogP contribution < -0.4 is 22.3 Å². The normalized spacial score (nSPS) is 12.8. The third-order valence-corrected chi connectivity index (χ3v) is 3.35. The molecule has 0 aliphatic heterocycles. The van der Waals surface area contributed by atoms with E-state index >= 15 is 0 Å². The van der Waals surface area contributed by atoms with Gasteiger partial charge in [-0.3, -0.25) is 19.2 Å². The number of nitrogens with two attached hydrogens (primary N) is 2. The zero-order valence-electron chi connectivity index (χ0n) is 14.7. The average Bonchev–Trinajstić information content (AvgIpc) is 2.67. The second kappa shape index (κ2) is 11.2. The van der Waals surface area contributed by atoms with E-state index in [0.717, 1.165) is 5.56 Å². The maximum atomic E-state index is 12.0. The van der Waals surface area contributed by atoms with Crippen LogP contribution in [0.15, 0.2) is 24.3 Å². The van der Waals surface area contributed by atoms with E-state index in [9.17, 15) is 14.4 Å². The molecule has 0 heterocycles. The van der Waals surface area contributed by atoms with Crippen molar-refractivity contribution in [1.29, 1.82) is 0 Å². The molecule has 0 saturated heterocycles. The summed E-state index contributed by atoms with van der Waals surface area (Å²) in [6.45, 7) is 0.289. The number of esters is 2. The van der Waals surface area contributed by atoms with Gasteiger partial charge >= 0.3 is 11.9 Å². The largest absolute Gasteiger partial charge is 0.468 e. The second-order valence-corrected chi connectivity index (χ2v) is 5.30. The van der Waals surface area contributed by atoms with Crippen molar-refractivity contribution in [2.45, 2.75) is 18.7 Å². The maximum Gasteiger partial charge on any atom is 0.324 e. The third kappa shape index (κ3) is 7.15. The highest BCUT2D eigenvalue weighted by molar-refractivity contribution is 5.94. The van der Waals surface area contributed by atoms with Gasteiger partial charge in [-0.25, -0.2) is 5.48 Å². The molecule has 0 spiro atoms. The number of hydroxylamine groups is 1. The van der Waals surface area contributed by atoms with Crippen LogP contribution in [0.1, 0.15) is 15.9 Å². The number of carbonyl (C=O) groups excluding carboxylic acids is 3. The summed E-state index contributed by atoms with van der Waals surface area (Å²) in [7, 11) is 2.48. The lowest BCUT2D eigenvalue weighted by Crippen LogP contribution is -2.43. The third-order valence-electron chi connectivity index (χ3n) is 3.35. The number of nitrogens with one attached hydrogen (secondary N) is 2. The van der Waals surface area contributed by atoms with Crippen LogP contribution in [0.4, 0.5) is 0 Å². The van der Waals surface area contributed by atoms with Gasteiger partial charge in [-0.05, 0) is 17.7 Å². The summed E-state index contributed by atoms with van der Waals surface area (Å²) in [6.07, 6.45) is 0. The van der Waals surface area contributed by atoms with Crippen LogP contribution in [-0.4, -0.2) is 57.2 Å². The van der Waals surface area contributed by atoms with E-state index in [1.54, 1.807) is 24.3 Å². The number of rotatable bonds is 10. The molecule has 144 valence electrons. The molecule has 2 atom stereocenters. The van der Waals surface area contributed by atoms with Gasteiger partial charge in [0.15, 0.2) is 0 Å². The second-order valence-electron chi connectivity index (χ2n) is 5.30. The molecule has 0 bridgehead atoms. The average molecular weight is 368 g/mol. The first-order valence-electron chi connectivity index (χ1n) is 7.77. The molecule has 10 nitrogen and oxygen atoms in total. The van der Waals surface area contributed by atoms with E-state index in [4.69, 9.17) is 16.3 Å². The molecule has 0 saturated carbocycles. The molecule has 26 heavy (non-hydrogen) atoms. The molecule has 0 aliphatic carbocycles. The Morgan fingerprint density at radius 2 is 1.50 bits per heavy atom. The van der Waals surface area contributed by atoms with Crippen molar-refractivity contribution >= 4 is 17.8 Å². The zero-order valence-corrected chi connectivity index (χ0v) is 14.7. The Hall–Kier alpha value is -2.53. The summed E-state index contributed by atoms with van der Waals surface area (Å²) in [5.74, 6) is -1.50. The molecule has 0 aromatic heterocycles. The van der Waals surface area contributed by atoms with Gasteiger partial charge in [-0.15, -0.1) is 0 Å². The molecule has 1 rings (SSSR count). The van der Waals surface area contributed by atoms with Crippen molar-refractivity contribution in [3.63, 3.8) is 0 Å². The van der Waals surface area contributed by atoms with Gasteiger partial charge in [-0.1, -0.05) is 12.1 Å². The first-order chi connectivity index (χ1) is 12.4. The highest BCUT2D eigenvalue weighted by Gasteiger charge is 2.15. The van der Waals surface area contributed by atoms with E-state index < -0.39 is 24.0 Å². The van der Waals surface area contributed by atoms with Crippen molar-refractivity contribution in [1.82, 2.24) is 10.8 Å². The van der Waals surface area contributed by atoms with E-state index in [1.807, 2.05) is 0 Å². The minimum Gasteiger partial charge on any atom is -0.468 e. The molecule has 1 aromatic carbocycles.